The van der Waals surface area contributed by atoms with Crippen molar-refractivity contribution in [3.05, 3.63) is 12.8 Å². The Kier molecular flexibility index (Phi) is 12.8. The van der Waals surface area contributed by atoms with Crippen LogP contribution in [0.1, 0.15) is 0 Å². The molecule has 5 heteroatoms. The summed E-state index contributed by atoms with van der Waals surface area (Å²) < 4.78 is 20.2. The lowest BCUT2D eigenvalue weighted by molar-refractivity contribution is 0.00139. The summed E-state index contributed by atoms with van der Waals surface area (Å²) in [6, 6.07) is 0. The van der Waals surface area contributed by atoms with E-state index in [1.807, 2.05) is 0 Å². The molecule has 0 aromatic heterocycles. The average Bonchev–Trinajstić information content (AvgIpc) is 2.26. The predicted octanol–water partition coefficient (Wildman–Crippen LogP) is 0.189. The van der Waals surface area contributed by atoms with Gasteiger partial charge in [0.2, 0.25) is 0 Å². The smallest absolute Gasteiger partial charge is 0.111 e. The van der Waals surface area contributed by atoms with Gasteiger partial charge in [0.1, 0.15) is 6.61 Å². The number of ether oxygens (including phenoxy) is 4. The van der Waals surface area contributed by atoms with E-state index in [4.69, 9.17) is 24.1 Å². The molecule has 0 heterocycles. The van der Waals surface area contributed by atoms with Crippen LogP contribution in [0.5, 0.6) is 0 Å². The Morgan fingerprint density at radius 3 is 1.73 bits per heavy atom. The lowest BCUT2D eigenvalue weighted by atomic mass is 10.7. The fourth-order valence-electron chi connectivity index (χ4n) is 0.797. The van der Waals surface area contributed by atoms with Crippen LogP contribution in [0.25, 0.3) is 0 Å². The highest BCUT2D eigenvalue weighted by Gasteiger charge is 1.90. The van der Waals surface area contributed by atoms with Crippen molar-refractivity contribution >= 4 is 0 Å². The van der Waals surface area contributed by atoms with Crippen molar-refractivity contribution in [3.8, 4) is 0 Å². The quantitative estimate of drug-likeness (QED) is 0.376. The van der Waals surface area contributed by atoms with Gasteiger partial charge in [0.25, 0.3) is 0 Å². The highest BCUT2D eigenvalue weighted by atomic mass is 16.6. The first-order valence-corrected chi connectivity index (χ1v) is 4.98. The van der Waals surface area contributed by atoms with Crippen molar-refractivity contribution in [2.75, 3.05) is 52.9 Å². The average molecular weight is 220 g/mol. The zero-order valence-electron chi connectivity index (χ0n) is 9.02. The maximum absolute atomic E-state index is 8.41. The van der Waals surface area contributed by atoms with E-state index in [0.29, 0.717) is 46.2 Å². The maximum atomic E-state index is 8.41. The second-order valence-corrected chi connectivity index (χ2v) is 2.60. The van der Waals surface area contributed by atoms with Crippen LogP contribution in [0, 0.1) is 0 Å². The molecule has 0 fully saturated rings. The summed E-state index contributed by atoms with van der Waals surface area (Å²) in [5.41, 5.74) is 0. The van der Waals surface area contributed by atoms with E-state index in [2.05, 4.69) is 6.58 Å². The van der Waals surface area contributed by atoms with Gasteiger partial charge in [0.05, 0.1) is 52.5 Å². The maximum Gasteiger partial charge on any atom is 0.111 e. The molecule has 0 saturated heterocycles. The van der Waals surface area contributed by atoms with E-state index in [9.17, 15) is 0 Å². The topological polar surface area (TPSA) is 57.2 Å². The molecule has 15 heavy (non-hydrogen) atoms. The summed E-state index contributed by atoms with van der Waals surface area (Å²) in [4.78, 5) is 0. The van der Waals surface area contributed by atoms with Crippen LogP contribution in [0.3, 0.4) is 0 Å². The molecule has 0 amide bonds. The molecule has 0 unspecified atom stereocenters. The Hall–Kier alpha value is -0.620. The van der Waals surface area contributed by atoms with Crippen molar-refractivity contribution in [1.29, 1.82) is 0 Å². The molecular formula is C10H20O5. The summed E-state index contributed by atoms with van der Waals surface area (Å²) in [5, 5.41) is 8.41. The van der Waals surface area contributed by atoms with Gasteiger partial charge in [0, 0.05) is 0 Å². The van der Waals surface area contributed by atoms with Gasteiger partial charge >= 0.3 is 0 Å². The van der Waals surface area contributed by atoms with Crippen LogP contribution >= 0.6 is 0 Å². The van der Waals surface area contributed by atoms with E-state index in [1.165, 1.54) is 6.26 Å². The summed E-state index contributed by atoms with van der Waals surface area (Å²) in [6.07, 6.45) is 1.39. The lowest BCUT2D eigenvalue weighted by Gasteiger charge is -2.05. The van der Waals surface area contributed by atoms with Gasteiger partial charge < -0.3 is 24.1 Å². The summed E-state index contributed by atoms with van der Waals surface area (Å²) in [5.74, 6) is 0. The zero-order chi connectivity index (χ0) is 11.2. The number of aliphatic hydroxyl groups excluding tert-OH is 1. The van der Waals surface area contributed by atoms with Crippen molar-refractivity contribution in [2.24, 2.45) is 0 Å². The van der Waals surface area contributed by atoms with Crippen LogP contribution < -0.4 is 0 Å². The van der Waals surface area contributed by atoms with E-state index in [0.717, 1.165) is 0 Å². The second kappa shape index (κ2) is 13.4. The van der Waals surface area contributed by atoms with E-state index < -0.39 is 0 Å². The third-order valence-electron chi connectivity index (χ3n) is 1.44. The summed E-state index contributed by atoms with van der Waals surface area (Å²) >= 11 is 0. The number of aliphatic hydroxyl groups is 1. The number of hydrogen-bond donors (Lipinski definition) is 1. The molecular weight excluding hydrogens is 200 g/mol. The van der Waals surface area contributed by atoms with Gasteiger partial charge in [-0.05, 0) is 0 Å². The molecule has 0 aliphatic heterocycles. The van der Waals surface area contributed by atoms with Crippen LogP contribution in [-0.4, -0.2) is 58.0 Å². The Morgan fingerprint density at radius 1 is 0.800 bits per heavy atom. The van der Waals surface area contributed by atoms with E-state index in [-0.39, 0.29) is 6.61 Å². The second-order valence-electron chi connectivity index (χ2n) is 2.60. The predicted molar refractivity (Wildman–Crippen MR) is 55.7 cm³/mol. The zero-order valence-corrected chi connectivity index (χ0v) is 9.02. The van der Waals surface area contributed by atoms with Gasteiger partial charge in [-0.3, -0.25) is 0 Å². The normalized spacial score (nSPS) is 10.2. The minimum atomic E-state index is 0.0480. The molecule has 0 atom stereocenters. The first kappa shape index (κ1) is 14.4. The molecule has 0 aliphatic rings. The fraction of sp³-hybridized carbons (Fsp3) is 0.800. The van der Waals surface area contributed by atoms with Crippen LogP contribution in [0.2, 0.25) is 0 Å². The monoisotopic (exact) mass is 220 g/mol. The van der Waals surface area contributed by atoms with Gasteiger partial charge in [-0.2, -0.15) is 0 Å². The summed E-state index contributed by atoms with van der Waals surface area (Å²) in [7, 11) is 0. The molecule has 0 bridgehead atoms. The Labute approximate surface area is 90.6 Å². The molecule has 0 aromatic carbocycles. The van der Waals surface area contributed by atoms with Gasteiger partial charge in [-0.15, -0.1) is 0 Å². The van der Waals surface area contributed by atoms with Gasteiger partial charge in [-0.25, -0.2) is 0 Å². The Bertz CT molecular complexity index is 129. The fourth-order valence-corrected chi connectivity index (χ4v) is 0.797. The van der Waals surface area contributed by atoms with Crippen molar-refractivity contribution in [3.63, 3.8) is 0 Å². The molecule has 5 nitrogen and oxygen atoms in total. The molecule has 0 aliphatic carbocycles. The molecule has 0 spiro atoms. The van der Waals surface area contributed by atoms with Crippen molar-refractivity contribution in [1.82, 2.24) is 0 Å². The highest BCUT2D eigenvalue weighted by Crippen LogP contribution is 1.82. The first-order chi connectivity index (χ1) is 7.41. The lowest BCUT2D eigenvalue weighted by Crippen LogP contribution is -2.12. The number of rotatable bonds is 12. The van der Waals surface area contributed by atoms with Crippen molar-refractivity contribution in [2.45, 2.75) is 0 Å². The van der Waals surface area contributed by atoms with E-state index in [1.54, 1.807) is 0 Å². The molecule has 1 N–H and O–H groups in total. The van der Waals surface area contributed by atoms with Crippen molar-refractivity contribution < 1.29 is 24.1 Å². The molecule has 0 aromatic rings. The minimum absolute atomic E-state index is 0.0480. The Balaban J connectivity index is 2.83. The Morgan fingerprint density at radius 2 is 1.27 bits per heavy atom. The molecule has 0 saturated carbocycles. The van der Waals surface area contributed by atoms with E-state index >= 15 is 0 Å². The minimum Gasteiger partial charge on any atom is -0.499 e. The standard InChI is InChI=1S/C10H20O5/c1-2-12-5-6-14-9-10-15-8-7-13-4-3-11/h2,11H,1,3-10H2. The van der Waals surface area contributed by atoms with Crippen LogP contribution in [0.15, 0.2) is 12.8 Å². The molecule has 90 valence electrons. The largest absolute Gasteiger partial charge is 0.499 e. The van der Waals surface area contributed by atoms with Crippen LogP contribution in [-0.2, 0) is 18.9 Å². The van der Waals surface area contributed by atoms with Crippen LogP contribution in [0.4, 0.5) is 0 Å². The van der Waals surface area contributed by atoms with Gasteiger partial charge in [-0.1, -0.05) is 6.58 Å². The molecule has 0 radical (unpaired) electrons. The SMILES string of the molecule is C=COCCOCCOCCOCCO. The first-order valence-electron chi connectivity index (χ1n) is 4.98. The molecule has 0 rings (SSSR count). The number of hydrogen-bond acceptors (Lipinski definition) is 5. The highest BCUT2D eigenvalue weighted by molar-refractivity contribution is 4.47. The third kappa shape index (κ3) is 13.4. The third-order valence-corrected chi connectivity index (χ3v) is 1.44. The van der Waals surface area contributed by atoms with Gasteiger partial charge in [0.15, 0.2) is 0 Å². The summed E-state index contributed by atoms with van der Waals surface area (Å²) in [6.45, 7) is 6.97.